The lowest BCUT2D eigenvalue weighted by molar-refractivity contribution is 0.512. The molecule has 0 saturated carbocycles. The molecule has 1 aliphatic rings. The van der Waals surface area contributed by atoms with E-state index in [1.165, 1.54) is 24.3 Å². The molecule has 76 valence electrons. The Morgan fingerprint density at radius 3 is 3.00 bits per heavy atom. The van der Waals surface area contributed by atoms with Gasteiger partial charge in [-0.2, -0.15) is 11.8 Å². The summed E-state index contributed by atoms with van der Waals surface area (Å²) in [6.07, 6.45) is 2.72. The number of nitrogens with one attached hydrogen (secondary N) is 2. The van der Waals surface area contributed by atoms with Crippen LogP contribution in [0.1, 0.15) is 19.8 Å². The maximum atomic E-state index is 5.09. The fraction of sp³-hybridized carbons (Fsp3) is 0.889. The smallest absolute Gasteiger partial charge is 0.166 e. The Morgan fingerprint density at radius 1 is 1.54 bits per heavy atom. The van der Waals surface area contributed by atoms with Gasteiger partial charge in [0.2, 0.25) is 0 Å². The lowest BCUT2D eigenvalue weighted by Gasteiger charge is -2.22. The van der Waals surface area contributed by atoms with Gasteiger partial charge in [-0.25, -0.2) is 0 Å². The van der Waals surface area contributed by atoms with Crippen molar-refractivity contribution >= 4 is 29.1 Å². The summed E-state index contributed by atoms with van der Waals surface area (Å²) in [6, 6.07) is 0. The molecule has 0 aromatic heterocycles. The third-order valence-corrected chi connectivity index (χ3v) is 3.72. The van der Waals surface area contributed by atoms with Gasteiger partial charge in [0.05, 0.1) is 0 Å². The van der Waals surface area contributed by atoms with Crippen LogP contribution in [0.15, 0.2) is 0 Å². The first-order chi connectivity index (χ1) is 6.33. The van der Waals surface area contributed by atoms with Crippen molar-refractivity contribution in [2.24, 2.45) is 5.92 Å². The summed E-state index contributed by atoms with van der Waals surface area (Å²) < 4.78 is 0. The monoisotopic (exact) mass is 218 g/mol. The highest BCUT2D eigenvalue weighted by molar-refractivity contribution is 7.99. The number of thiocarbonyl (C=S) groups is 1. The average molecular weight is 218 g/mol. The van der Waals surface area contributed by atoms with Crippen molar-refractivity contribution < 1.29 is 0 Å². The van der Waals surface area contributed by atoms with E-state index in [1.54, 1.807) is 0 Å². The summed E-state index contributed by atoms with van der Waals surface area (Å²) in [4.78, 5) is 0. The van der Waals surface area contributed by atoms with E-state index in [9.17, 15) is 0 Å². The van der Waals surface area contributed by atoms with Crippen molar-refractivity contribution in [3.63, 3.8) is 0 Å². The molecule has 1 unspecified atom stereocenters. The molecule has 13 heavy (non-hydrogen) atoms. The Balaban J connectivity index is 2.06. The lowest BCUT2D eigenvalue weighted by Crippen LogP contribution is -2.38. The fourth-order valence-corrected chi connectivity index (χ4v) is 2.81. The molecule has 0 aromatic carbocycles. The Bertz CT molecular complexity index is 156. The van der Waals surface area contributed by atoms with Gasteiger partial charge in [0.15, 0.2) is 5.11 Å². The third kappa shape index (κ3) is 4.72. The maximum absolute atomic E-state index is 5.09. The van der Waals surface area contributed by atoms with Crippen molar-refractivity contribution in [2.75, 3.05) is 24.6 Å². The molecular weight excluding hydrogens is 200 g/mol. The number of thioether (sulfide) groups is 1. The van der Waals surface area contributed by atoms with Crippen molar-refractivity contribution in [3.05, 3.63) is 0 Å². The lowest BCUT2D eigenvalue weighted by atomic mass is 10.1. The second-order valence-corrected chi connectivity index (χ2v) is 4.88. The zero-order valence-corrected chi connectivity index (χ0v) is 9.77. The van der Waals surface area contributed by atoms with Gasteiger partial charge in [-0.3, -0.25) is 0 Å². The Hall–Kier alpha value is 0.0400. The largest absolute Gasteiger partial charge is 0.363 e. The standard InChI is InChI=1S/C9H18N2S2/c1-2-10-9(12)11-6-8-4-3-5-13-7-8/h8H,2-7H2,1H3,(H2,10,11,12). The van der Waals surface area contributed by atoms with Crippen LogP contribution < -0.4 is 10.6 Å². The Kier molecular flexibility index (Phi) is 5.55. The van der Waals surface area contributed by atoms with Crippen LogP contribution in [0.4, 0.5) is 0 Å². The Morgan fingerprint density at radius 2 is 2.38 bits per heavy atom. The van der Waals surface area contributed by atoms with E-state index in [1.807, 2.05) is 0 Å². The van der Waals surface area contributed by atoms with E-state index in [-0.39, 0.29) is 0 Å². The van der Waals surface area contributed by atoms with E-state index in [2.05, 4.69) is 29.3 Å². The van der Waals surface area contributed by atoms with Crippen LogP contribution in [0, 0.1) is 5.92 Å². The number of hydrogen-bond acceptors (Lipinski definition) is 2. The van der Waals surface area contributed by atoms with E-state index >= 15 is 0 Å². The SMILES string of the molecule is CCNC(=S)NCC1CCCSC1. The predicted molar refractivity (Wildman–Crippen MR) is 64.3 cm³/mol. The summed E-state index contributed by atoms with van der Waals surface area (Å²) in [7, 11) is 0. The summed E-state index contributed by atoms with van der Waals surface area (Å²) >= 11 is 7.16. The van der Waals surface area contributed by atoms with Gasteiger partial charge in [0.25, 0.3) is 0 Å². The minimum Gasteiger partial charge on any atom is -0.363 e. The molecule has 1 fully saturated rings. The average Bonchev–Trinajstić information content (AvgIpc) is 2.17. The van der Waals surface area contributed by atoms with Crippen LogP contribution in [-0.4, -0.2) is 29.7 Å². The highest BCUT2D eigenvalue weighted by atomic mass is 32.2. The molecule has 0 amide bonds. The van der Waals surface area contributed by atoms with Crippen LogP contribution in [0.2, 0.25) is 0 Å². The predicted octanol–water partition coefficient (Wildman–Crippen LogP) is 1.61. The van der Waals surface area contributed by atoms with E-state index < -0.39 is 0 Å². The molecule has 1 aliphatic heterocycles. The highest BCUT2D eigenvalue weighted by Gasteiger charge is 2.13. The molecule has 0 aromatic rings. The van der Waals surface area contributed by atoms with Crippen molar-refractivity contribution in [3.8, 4) is 0 Å². The van der Waals surface area contributed by atoms with Crippen molar-refractivity contribution in [1.82, 2.24) is 10.6 Å². The van der Waals surface area contributed by atoms with Crippen molar-refractivity contribution in [2.45, 2.75) is 19.8 Å². The van der Waals surface area contributed by atoms with Gasteiger partial charge in [0.1, 0.15) is 0 Å². The first kappa shape index (κ1) is 11.1. The molecule has 1 atom stereocenters. The molecule has 1 rings (SSSR count). The first-order valence-electron chi connectivity index (χ1n) is 4.92. The molecule has 0 radical (unpaired) electrons. The molecule has 2 N–H and O–H groups in total. The molecule has 1 saturated heterocycles. The maximum Gasteiger partial charge on any atom is 0.166 e. The Labute approximate surface area is 90.2 Å². The van der Waals surface area contributed by atoms with Crippen LogP contribution >= 0.6 is 24.0 Å². The van der Waals surface area contributed by atoms with Gasteiger partial charge in [0, 0.05) is 13.1 Å². The topological polar surface area (TPSA) is 24.1 Å². The van der Waals surface area contributed by atoms with Crippen LogP contribution in [0.3, 0.4) is 0 Å². The summed E-state index contributed by atoms with van der Waals surface area (Å²) in [5.74, 6) is 3.45. The minimum atomic E-state index is 0.804. The van der Waals surface area contributed by atoms with E-state index in [0.29, 0.717) is 0 Å². The normalized spacial score (nSPS) is 22.4. The summed E-state index contributed by atoms with van der Waals surface area (Å²) in [5, 5.41) is 7.16. The van der Waals surface area contributed by atoms with E-state index in [4.69, 9.17) is 12.2 Å². The quantitative estimate of drug-likeness (QED) is 0.703. The van der Waals surface area contributed by atoms with Gasteiger partial charge < -0.3 is 10.6 Å². The molecule has 0 spiro atoms. The van der Waals surface area contributed by atoms with Gasteiger partial charge in [-0.15, -0.1) is 0 Å². The molecule has 4 heteroatoms. The zero-order chi connectivity index (χ0) is 9.52. The minimum absolute atomic E-state index is 0.804. The highest BCUT2D eigenvalue weighted by Crippen LogP contribution is 2.21. The summed E-state index contributed by atoms with van der Waals surface area (Å²) in [6.45, 7) is 4.01. The first-order valence-corrected chi connectivity index (χ1v) is 6.48. The van der Waals surface area contributed by atoms with Gasteiger partial charge in [-0.1, -0.05) is 0 Å². The van der Waals surface area contributed by atoms with Crippen LogP contribution in [0.25, 0.3) is 0 Å². The number of hydrogen-bond donors (Lipinski definition) is 2. The van der Waals surface area contributed by atoms with Gasteiger partial charge in [-0.05, 0) is 49.4 Å². The fourth-order valence-electron chi connectivity index (χ4n) is 1.43. The zero-order valence-electron chi connectivity index (χ0n) is 8.14. The molecule has 0 aliphatic carbocycles. The molecule has 2 nitrogen and oxygen atoms in total. The second-order valence-electron chi connectivity index (χ2n) is 3.32. The third-order valence-electron chi connectivity index (χ3n) is 2.14. The molecule has 0 bridgehead atoms. The summed E-state index contributed by atoms with van der Waals surface area (Å²) in [5.41, 5.74) is 0. The number of rotatable bonds is 3. The molecule has 1 heterocycles. The van der Waals surface area contributed by atoms with Gasteiger partial charge >= 0.3 is 0 Å². The van der Waals surface area contributed by atoms with Crippen molar-refractivity contribution in [1.29, 1.82) is 0 Å². The van der Waals surface area contributed by atoms with Crippen LogP contribution in [0.5, 0.6) is 0 Å². The van der Waals surface area contributed by atoms with Crippen LogP contribution in [-0.2, 0) is 0 Å². The second kappa shape index (κ2) is 6.49. The van der Waals surface area contributed by atoms with E-state index in [0.717, 1.165) is 24.1 Å². The molecular formula is C9H18N2S2.